The summed E-state index contributed by atoms with van der Waals surface area (Å²) >= 11 is 0. The fourth-order valence-electron chi connectivity index (χ4n) is 3.60. The number of alkyl halides is 3. The van der Waals surface area contributed by atoms with Crippen LogP contribution in [0.4, 0.5) is 23.8 Å². The summed E-state index contributed by atoms with van der Waals surface area (Å²) in [6.07, 6.45) is -3.57. The first-order valence-corrected chi connectivity index (χ1v) is 12.3. The van der Waals surface area contributed by atoms with Crippen LogP contribution < -0.4 is 9.64 Å². The number of anilines is 1. The van der Waals surface area contributed by atoms with Gasteiger partial charge >= 0.3 is 12.4 Å². The molecule has 10 nitrogen and oxygen atoms in total. The maximum absolute atomic E-state index is 14.0. The fraction of sp³-hybridized carbons (Fsp3) is 0.737. The molecule has 3 heterocycles. The van der Waals surface area contributed by atoms with Crippen molar-refractivity contribution in [2.24, 2.45) is 0 Å². The van der Waals surface area contributed by atoms with Gasteiger partial charge in [-0.15, -0.1) is 0 Å². The van der Waals surface area contributed by atoms with E-state index in [1.165, 1.54) is 9.21 Å². The van der Waals surface area contributed by atoms with Crippen LogP contribution in [0.2, 0.25) is 0 Å². The number of piperidine rings is 1. The lowest BCUT2D eigenvalue weighted by Gasteiger charge is -2.40. The standard InChI is InChI=1S/C19H28F3N5O5S/c1-18(2,3)32-17(28)25-7-5-13(6-8-25)27(19(20,21)22)15-9-16(24-12-23-15)31-14-10-26(11-14)33(4,29)30/h9,12-14H,5-8,10-11H2,1-4H3. The number of carbonyl (C=O) groups excluding carboxylic acids is 1. The van der Waals surface area contributed by atoms with Crippen molar-refractivity contribution in [3.05, 3.63) is 12.4 Å². The number of sulfonamides is 1. The molecule has 2 saturated heterocycles. The number of halogens is 3. The smallest absolute Gasteiger partial charge is 0.471 e. The molecule has 1 aromatic heterocycles. The molecule has 0 radical (unpaired) electrons. The van der Waals surface area contributed by atoms with Crippen molar-refractivity contribution in [2.75, 3.05) is 37.3 Å². The third-order valence-corrected chi connectivity index (χ3v) is 6.44. The molecule has 0 spiro atoms. The van der Waals surface area contributed by atoms with Gasteiger partial charge in [-0.3, -0.25) is 4.90 Å². The Morgan fingerprint density at radius 1 is 1.15 bits per heavy atom. The zero-order chi connectivity index (χ0) is 24.6. The molecule has 3 rings (SSSR count). The number of aromatic nitrogens is 2. The van der Waals surface area contributed by atoms with E-state index in [4.69, 9.17) is 9.47 Å². The summed E-state index contributed by atoms with van der Waals surface area (Å²) in [7, 11) is -3.34. The summed E-state index contributed by atoms with van der Waals surface area (Å²) in [6.45, 7) is 5.60. The Labute approximate surface area is 190 Å². The summed E-state index contributed by atoms with van der Waals surface area (Å²) in [4.78, 5) is 21.5. The van der Waals surface area contributed by atoms with Crippen LogP contribution in [0, 0.1) is 0 Å². The van der Waals surface area contributed by atoms with Gasteiger partial charge in [-0.2, -0.15) is 17.5 Å². The monoisotopic (exact) mass is 495 g/mol. The Morgan fingerprint density at radius 2 is 1.76 bits per heavy atom. The van der Waals surface area contributed by atoms with Gasteiger partial charge in [0, 0.05) is 25.2 Å². The van der Waals surface area contributed by atoms with Gasteiger partial charge in [0.25, 0.3) is 0 Å². The molecule has 0 bridgehead atoms. The molecule has 0 unspecified atom stereocenters. The number of hydrogen-bond donors (Lipinski definition) is 0. The second kappa shape index (κ2) is 9.12. The Morgan fingerprint density at radius 3 is 2.27 bits per heavy atom. The second-order valence-corrected chi connectivity index (χ2v) is 11.1. The van der Waals surface area contributed by atoms with Gasteiger partial charge in [0.2, 0.25) is 15.9 Å². The van der Waals surface area contributed by atoms with Gasteiger partial charge in [0.15, 0.2) is 0 Å². The Kier molecular flexibility index (Phi) is 6.99. The Hall–Kier alpha value is -2.35. The van der Waals surface area contributed by atoms with Crippen molar-refractivity contribution in [1.82, 2.24) is 19.2 Å². The molecule has 0 aromatic carbocycles. The minimum absolute atomic E-state index is 0.0707. The van der Waals surface area contributed by atoms with E-state index in [-0.39, 0.29) is 55.6 Å². The van der Waals surface area contributed by atoms with Gasteiger partial charge in [0.05, 0.1) is 19.3 Å². The highest BCUT2D eigenvalue weighted by molar-refractivity contribution is 7.88. The highest BCUT2D eigenvalue weighted by Crippen LogP contribution is 2.34. The number of carbonyl (C=O) groups is 1. The fourth-order valence-corrected chi connectivity index (χ4v) is 4.47. The SMILES string of the molecule is CC(C)(C)OC(=O)N1CCC(N(c2cc(OC3CN(S(C)(=O)=O)C3)ncn2)C(F)(F)F)CC1. The molecule has 0 atom stereocenters. The van der Waals surface area contributed by atoms with Crippen molar-refractivity contribution in [1.29, 1.82) is 0 Å². The maximum atomic E-state index is 14.0. The van der Waals surface area contributed by atoms with Crippen LogP contribution in [0.5, 0.6) is 5.88 Å². The maximum Gasteiger partial charge on any atom is 0.486 e. The summed E-state index contributed by atoms with van der Waals surface area (Å²) < 4.78 is 76.8. The molecular weight excluding hydrogens is 467 g/mol. The van der Waals surface area contributed by atoms with Crippen molar-refractivity contribution < 1.29 is 35.9 Å². The van der Waals surface area contributed by atoms with Crippen LogP contribution in [0.3, 0.4) is 0 Å². The van der Waals surface area contributed by atoms with Crippen LogP contribution in [0.1, 0.15) is 33.6 Å². The van der Waals surface area contributed by atoms with E-state index in [0.717, 1.165) is 18.6 Å². The molecule has 1 aromatic rings. The van der Waals surface area contributed by atoms with E-state index in [1.54, 1.807) is 20.8 Å². The lowest BCUT2D eigenvalue weighted by Crippen LogP contribution is -2.55. The lowest BCUT2D eigenvalue weighted by atomic mass is 10.0. The van der Waals surface area contributed by atoms with Crippen LogP contribution >= 0.6 is 0 Å². The van der Waals surface area contributed by atoms with E-state index in [2.05, 4.69) is 9.97 Å². The normalized spacial score (nSPS) is 19.2. The number of nitrogens with zero attached hydrogens (tertiary/aromatic N) is 5. The van der Waals surface area contributed by atoms with Gasteiger partial charge in [-0.25, -0.2) is 23.2 Å². The molecule has 2 aliphatic heterocycles. The molecule has 186 valence electrons. The number of hydrogen-bond acceptors (Lipinski definition) is 8. The highest BCUT2D eigenvalue weighted by Gasteiger charge is 2.45. The lowest BCUT2D eigenvalue weighted by molar-refractivity contribution is -0.137. The van der Waals surface area contributed by atoms with E-state index in [1.807, 2.05) is 0 Å². The predicted molar refractivity (Wildman–Crippen MR) is 112 cm³/mol. The third kappa shape index (κ3) is 6.59. The molecule has 0 aliphatic carbocycles. The summed E-state index contributed by atoms with van der Waals surface area (Å²) in [5, 5.41) is 0. The van der Waals surface area contributed by atoms with E-state index >= 15 is 0 Å². The Balaban J connectivity index is 1.67. The average molecular weight is 496 g/mol. The predicted octanol–water partition coefficient (Wildman–Crippen LogP) is 2.22. The molecule has 2 fully saturated rings. The average Bonchev–Trinajstić information content (AvgIpc) is 2.62. The number of amides is 1. The first-order chi connectivity index (χ1) is 15.1. The summed E-state index contributed by atoms with van der Waals surface area (Å²) in [5.41, 5.74) is -0.692. The third-order valence-electron chi connectivity index (χ3n) is 5.20. The number of likely N-dealkylation sites (tertiary alicyclic amines) is 1. The molecular formula is C19H28F3N5O5S. The summed E-state index contributed by atoms with van der Waals surface area (Å²) in [6, 6.07) is 0.160. The molecule has 1 amide bonds. The molecule has 33 heavy (non-hydrogen) atoms. The highest BCUT2D eigenvalue weighted by atomic mass is 32.2. The Bertz CT molecular complexity index is 955. The quantitative estimate of drug-likeness (QED) is 0.573. The number of rotatable bonds is 5. The first-order valence-electron chi connectivity index (χ1n) is 10.4. The van der Waals surface area contributed by atoms with Crippen molar-refractivity contribution >= 4 is 21.9 Å². The zero-order valence-corrected chi connectivity index (χ0v) is 19.7. The van der Waals surface area contributed by atoms with E-state index in [0.29, 0.717) is 0 Å². The van der Waals surface area contributed by atoms with Crippen molar-refractivity contribution in [3.63, 3.8) is 0 Å². The molecule has 2 aliphatic rings. The van der Waals surface area contributed by atoms with Crippen molar-refractivity contribution in [3.8, 4) is 5.88 Å². The zero-order valence-electron chi connectivity index (χ0n) is 18.9. The minimum Gasteiger partial charge on any atom is -0.471 e. The van der Waals surface area contributed by atoms with Gasteiger partial charge in [-0.05, 0) is 33.6 Å². The van der Waals surface area contributed by atoms with Gasteiger partial charge in [0.1, 0.15) is 23.9 Å². The van der Waals surface area contributed by atoms with Crippen LogP contribution in [0.15, 0.2) is 12.4 Å². The largest absolute Gasteiger partial charge is 0.486 e. The number of ether oxygens (including phenoxy) is 2. The van der Waals surface area contributed by atoms with Crippen molar-refractivity contribution in [2.45, 2.75) is 57.7 Å². The van der Waals surface area contributed by atoms with Crippen LogP contribution in [-0.4, -0.2) is 90.2 Å². The van der Waals surface area contributed by atoms with Gasteiger partial charge < -0.3 is 14.4 Å². The molecule has 14 heteroatoms. The first kappa shape index (κ1) is 25.3. The topological polar surface area (TPSA) is 105 Å². The second-order valence-electron chi connectivity index (χ2n) is 9.07. The van der Waals surface area contributed by atoms with Gasteiger partial charge in [-0.1, -0.05) is 0 Å². The van der Waals surface area contributed by atoms with E-state index < -0.39 is 40.2 Å². The van der Waals surface area contributed by atoms with Crippen LogP contribution in [-0.2, 0) is 14.8 Å². The van der Waals surface area contributed by atoms with Crippen LogP contribution in [0.25, 0.3) is 0 Å². The summed E-state index contributed by atoms with van der Waals surface area (Å²) in [5.74, 6) is -0.443. The molecule has 0 N–H and O–H groups in total. The minimum atomic E-state index is -4.71. The van der Waals surface area contributed by atoms with E-state index in [9.17, 15) is 26.4 Å². The molecule has 0 saturated carbocycles.